The van der Waals surface area contributed by atoms with Gasteiger partial charge in [0.2, 0.25) is 0 Å². The van der Waals surface area contributed by atoms with Gasteiger partial charge in [0.15, 0.2) is 11.6 Å². The normalized spacial score (nSPS) is 21.8. The van der Waals surface area contributed by atoms with E-state index in [0.29, 0.717) is 4.47 Å². The average Bonchev–Trinajstić information content (AvgIpc) is 3.09. The molecular formula is C17H14BrCl2FO2. The Kier molecular flexibility index (Phi) is 4.51. The summed E-state index contributed by atoms with van der Waals surface area (Å²) in [6.45, 7) is 0. The lowest BCUT2D eigenvalue weighted by Crippen LogP contribution is -1.95. The summed E-state index contributed by atoms with van der Waals surface area (Å²) < 4.78 is 23.9. The summed E-state index contributed by atoms with van der Waals surface area (Å²) in [7, 11) is 3.04. The molecule has 2 unspecified atom stereocenters. The molecule has 0 heterocycles. The highest BCUT2D eigenvalue weighted by Crippen LogP contribution is 2.70. The van der Waals surface area contributed by atoms with Crippen molar-refractivity contribution >= 4 is 39.1 Å². The van der Waals surface area contributed by atoms with Crippen LogP contribution < -0.4 is 9.47 Å². The molecule has 1 aliphatic carbocycles. The first-order valence-corrected chi connectivity index (χ1v) is 8.49. The fraction of sp³-hybridized carbons (Fsp3) is 0.294. The zero-order valence-corrected chi connectivity index (χ0v) is 15.5. The third-order valence-corrected chi connectivity index (χ3v) is 5.64. The Morgan fingerprint density at radius 3 is 2.13 bits per heavy atom. The highest BCUT2D eigenvalue weighted by Gasteiger charge is 2.64. The van der Waals surface area contributed by atoms with Gasteiger partial charge >= 0.3 is 0 Å². The van der Waals surface area contributed by atoms with E-state index >= 15 is 0 Å². The molecule has 0 N–H and O–H groups in total. The SMILES string of the molecule is COc1ccc(C2C(c3cc(F)c(OC)c(Br)c3)C2(Cl)Cl)cc1. The van der Waals surface area contributed by atoms with Gasteiger partial charge in [0.25, 0.3) is 0 Å². The molecule has 0 aliphatic heterocycles. The number of alkyl halides is 2. The van der Waals surface area contributed by atoms with Crippen LogP contribution >= 0.6 is 39.1 Å². The Morgan fingerprint density at radius 1 is 1.00 bits per heavy atom. The van der Waals surface area contributed by atoms with Gasteiger partial charge in [-0.1, -0.05) is 12.1 Å². The largest absolute Gasteiger partial charge is 0.497 e. The molecule has 1 saturated carbocycles. The van der Waals surface area contributed by atoms with Crippen molar-refractivity contribution in [2.75, 3.05) is 14.2 Å². The van der Waals surface area contributed by atoms with Gasteiger partial charge in [-0.05, 0) is 51.3 Å². The van der Waals surface area contributed by atoms with Crippen LogP contribution in [0.25, 0.3) is 0 Å². The minimum atomic E-state index is -0.963. The Hall–Kier alpha value is -0.970. The summed E-state index contributed by atoms with van der Waals surface area (Å²) in [4.78, 5) is 0. The molecule has 0 aromatic heterocycles. The third kappa shape index (κ3) is 2.92. The van der Waals surface area contributed by atoms with E-state index in [0.717, 1.165) is 16.9 Å². The maximum atomic E-state index is 14.1. The number of rotatable bonds is 4. The third-order valence-electron chi connectivity index (χ3n) is 4.11. The Labute approximate surface area is 152 Å². The van der Waals surface area contributed by atoms with E-state index < -0.39 is 10.2 Å². The van der Waals surface area contributed by atoms with Gasteiger partial charge in [-0.15, -0.1) is 23.2 Å². The molecule has 122 valence electrons. The lowest BCUT2D eigenvalue weighted by atomic mass is 10.0. The molecule has 0 spiro atoms. The molecule has 1 aliphatic rings. The summed E-state index contributed by atoms with van der Waals surface area (Å²) in [6, 6.07) is 10.8. The van der Waals surface area contributed by atoms with E-state index in [1.54, 1.807) is 13.2 Å². The van der Waals surface area contributed by atoms with Crippen LogP contribution in [0.5, 0.6) is 11.5 Å². The van der Waals surface area contributed by atoms with Gasteiger partial charge in [-0.25, -0.2) is 4.39 Å². The zero-order chi connectivity index (χ0) is 16.8. The highest BCUT2D eigenvalue weighted by molar-refractivity contribution is 9.10. The predicted octanol–water partition coefficient (Wildman–Crippen LogP) is 5.66. The molecule has 0 saturated heterocycles. The first-order valence-electron chi connectivity index (χ1n) is 6.94. The summed E-state index contributed by atoms with van der Waals surface area (Å²) in [5.74, 6) is 0.206. The second-order valence-electron chi connectivity index (χ2n) is 5.42. The Bertz CT molecular complexity index is 711. The summed E-state index contributed by atoms with van der Waals surface area (Å²) in [5.41, 5.74) is 1.73. The van der Waals surface area contributed by atoms with Gasteiger partial charge in [0.05, 0.1) is 18.7 Å². The molecule has 1 fully saturated rings. The lowest BCUT2D eigenvalue weighted by Gasteiger charge is -2.08. The van der Waals surface area contributed by atoms with Crippen molar-refractivity contribution in [1.29, 1.82) is 0 Å². The van der Waals surface area contributed by atoms with Crippen molar-refractivity contribution in [3.8, 4) is 11.5 Å². The zero-order valence-electron chi connectivity index (χ0n) is 12.4. The van der Waals surface area contributed by atoms with Crippen LogP contribution in [0.4, 0.5) is 4.39 Å². The molecule has 0 amide bonds. The number of ether oxygens (including phenoxy) is 2. The molecule has 2 atom stereocenters. The van der Waals surface area contributed by atoms with Crippen LogP contribution in [0.1, 0.15) is 23.0 Å². The standard InChI is InChI=1S/C17H14BrCl2FO2/c1-22-11-5-3-9(4-6-11)14-15(17(14,19)20)10-7-12(18)16(23-2)13(21)8-10/h3-8,14-15H,1-2H3. The second-order valence-corrected chi connectivity index (χ2v) is 7.72. The van der Waals surface area contributed by atoms with Crippen molar-refractivity contribution in [2.45, 2.75) is 16.2 Å². The molecule has 2 aromatic rings. The second kappa shape index (κ2) is 6.15. The number of hydrogen-bond acceptors (Lipinski definition) is 2. The van der Waals surface area contributed by atoms with E-state index in [2.05, 4.69) is 15.9 Å². The van der Waals surface area contributed by atoms with Crippen molar-refractivity contribution in [3.05, 3.63) is 57.8 Å². The van der Waals surface area contributed by atoms with Gasteiger partial charge < -0.3 is 9.47 Å². The van der Waals surface area contributed by atoms with E-state index in [-0.39, 0.29) is 17.6 Å². The van der Waals surface area contributed by atoms with Crippen LogP contribution in [-0.2, 0) is 0 Å². The number of methoxy groups -OCH3 is 2. The fourth-order valence-electron chi connectivity index (χ4n) is 2.92. The molecule has 6 heteroatoms. The van der Waals surface area contributed by atoms with E-state index in [4.69, 9.17) is 32.7 Å². The molecule has 0 bridgehead atoms. The van der Waals surface area contributed by atoms with Crippen molar-refractivity contribution in [2.24, 2.45) is 0 Å². The number of hydrogen-bond donors (Lipinski definition) is 0. The number of halogens is 4. The van der Waals surface area contributed by atoms with E-state index in [1.807, 2.05) is 24.3 Å². The van der Waals surface area contributed by atoms with Crippen LogP contribution in [0.15, 0.2) is 40.9 Å². The van der Waals surface area contributed by atoms with Gasteiger partial charge in [-0.3, -0.25) is 0 Å². The first-order chi connectivity index (χ1) is 10.9. The molecule has 3 rings (SSSR count). The predicted molar refractivity (Wildman–Crippen MR) is 93.6 cm³/mol. The average molecular weight is 420 g/mol. The Morgan fingerprint density at radius 2 is 1.61 bits per heavy atom. The molecule has 2 aromatic carbocycles. The van der Waals surface area contributed by atoms with Crippen LogP contribution in [0.3, 0.4) is 0 Å². The Balaban J connectivity index is 1.94. The smallest absolute Gasteiger partial charge is 0.168 e. The topological polar surface area (TPSA) is 18.5 Å². The first kappa shape index (κ1) is 16.9. The minimum Gasteiger partial charge on any atom is -0.497 e. The van der Waals surface area contributed by atoms with Crippen LogP contribution in [-0.4, -0.2) is 18.6 Å². The summed E-state index contributed by atoms with van der Waals surface area (Å²) in [6.07, 6.45) is 0. The molecule has 2 nitrogen and oxygen atoms in total. The molecule has 23 heavy (non-hydrogen) atoms. The maximum absolute atomic E-state index is 14.1. The summed E-state index contributed by atoms with van der Waals surface area (Å²) in [5, 5.41) is 0. The highest BCUT2D eigenvalue weighted by atomic mass is 79.9. The summed E-state index contributed by atoms with van der Waals surface area (Å²) >= 11 is 16.2. The molecular weight excluding hydrogens is 406 g/mol. The van der Waals surface area contributed by atoms with Crippen molar-refractivity contribution in [1.82, 2.24) is 0 Å². The maximum Gasteiger partial charge on any atom is 0.168 e. The minimum absolute atomic E-state index is 0.101. The van der Waals surface area contributed by atoms with E-state index in [9.17, 15) is 4.39 Å². The van der Waals surface area contributed by atoms with Crippen molar-refractivity contribution < 1.29 is 13.9 Å². The van der Waals surface area contributed by atoms with E-state index in [1.165, 1.54) is 13.2 Å². The fourth-order valence-corrected chi connectivity index (χ4v) is 4.42. The lowest BCUT2D eigenvalue weighted by molar-refractivity contribution is 0.383. The van der Waals surface area contributed by atoms with Gasteiger partial charge in [0, 0.05) is 11.8 Å². The monoisotopic (exact) mass is 418 g/mol. The van der Waals surface area contributed by atoms with Gasteiger partial charge in [0.1, 0.15) is 10.1 Å². The molecule has 0 radical (unpaired) electrons. The quantitative estimate of drug-likeness (QED) is 0.595. The number of benzene rings is 2. The van der Waals surface area contributed by atoms with Crippen molar-refractivity contribution in [3.63, 3.8) is 0 Å². The van der Waals surface area contributed by atoms with Crippen LogP contribution in [0, 0.1) is 5.82 Å². The van der Waals surface area contributed by atoms with Gasteiger partial charge in [-0.2, -0.15) is 0 Å². The van der Waals surface area contributed by atoms with Crippen LogP contribution in [0.2, 0.25) is 0 Å².